The predicted octanol–water partition coefficient (Wildman–Crippen LogP) is 2.64. The smallest absolute Gasteiger partial charge is 0.189 e. The molecule has 1 aliphatic heterocycles. The number of pyridine rings is 1. The molecule has 1 unspecified atom stereocenters. The van der Waals surface area contributed by atoms with Gasteiger partial charge in [-0.05, 0) is 37.1 Å². The van der Waals surface area contributed by atoms with Crippen LogP contribution in [-0.4, -0.2) is 34.7 Å². The fourth-order valence-electron chi connectivity index (χ4n) is 4.20. The highest BCUT2D eigenvalue weighted by Crippen LogP contribution is 2.53. The van der Waals surface area contributed by atoms with Crippen molar-refractivity contribution in [2.24, 2.45) is 17.3 Å². The summed E-state index contributed by atoms with van der Waals surface area (Å²) in [4.78, 5) is 6.31. The van der Waals surface area contributed by atoms with Crippen molar-refractivity contribution < 1.29 is 0 Å². The van der Waals surface area contributed by atoms with Crippen LogP contribution >= 0.6 is 0 Å². The predicted molar refractivity (Wildman–Crippen MR) is 95.7 cm³/mol. The minimum absolute atomic E-state index is 0.104. The zero-order valence-corrected chi connectivity index (χ0v) is 14.8. The van der Waals surface area contributed by atoms with Gasteiger partial charge in [0.25, 0.3) is 0 Å². The Bertz CT molecular complexity index is 850. The number of nitrogens with zero attached hydrogens (tertiary/aromatic N) is 5. The van der Waals surface area contributed by atoms with E-state index in [1.165, 1.54) is 0 Å². The topological polar surface area (TPSA) is 111 Å². The monoisotopic (exact) mass is 344 g/mol. The number of aromatic nitrogens is 1. The molecule has 1 N–H and O–H groups in total. The number of hydrogen-bond donors (Lipinski definition) is 1. The molecule has 6 heteroatoms. The van der Waals surface area contributed by atoms with Gasteiger partial charge >= 0.3 is 0 Å². The van der Waals surface area contributed by atoms with E-state index in [0.717, 1.165) is 11.1 Å². The van der Waals surface area contributed by atoms with Gasteiger partial charge in [0.1, 0.15) is 5.92 Å². The molecule has 2 aliphatic rings. The van der Waals surface area contributed by atoms with E-state index in [9.17, 15) is 15.8 Å². The SMILES string of the molecule is CC(C)N1CC=C2C(C#N)C(=N)C(C#N)(C#N)[C@@H](c3ccncc3)[C@@H]2C1. The molecule has 1 fully saturated rings. The van der Waals surface area contributed by atoms with E-state index in [1.54, 1.807) is 24.5 Å². The summed E-state index contributed by atoms with van der Waals surface area (Å²) >= 11 is 0. The summed E-state index contributed by atoms with van der Waals surface area (Å²) in [5.74, 6) is -1.47. The number of rotatable bonds is 2. The fourth-order valence-corrected chi connectivity index (χ4v) is 4.20. The van der Waals surface area contributed by atoms with Crippen LogP contribution in [0.25, 0.3) is 0 Å². The first-order valence-corrected chi connectivity index (χ1v) is 8.65. The van der Waals surface area contributed by atoms with Crippen molar-refractivity contribution in [2.45, 2.75) is 25.8 Å². The lowest BCUT2D eigenvalue weighted by Gasteiger charge is -2.48. The second-order valence-electron chi connectivity index (χ2n) is 7.12. The third kappa shape index (κ3) is 2.49. The molecule has 0 saturated heterocycles. The Labute approximate surface area is 153 Å². The average molecular weight is 344 g/mol. The van der Waals surface area contributed by atoms with E-state index in [4.69, 9.17) is 5.41 Å². The highest BCUT2D eigenvalue weighted by molar-refractivity contribution is 6.00. The molecule has 0 amide bonds. The van der Waals surface area contributed by atoms with Gasteiger partial charge in [-0.3, -0.25) is 9.88 Å². The van der Waals surface area contributed by atoms with Gasteiger partial charge in [-0.1, -0.05) is 6.08 Å². The maximum atomic E-state index is 9.95. The molecule has 0 aromatic carbocycles. The number of fused-ring (bicyclic) bond motifs is 1. The van der Waals surface area contributed by atoms with Crippen molar-refractivity contribution in [3.05, 3.63) is 41.7 Å². The molecular formula is C20H20N6. The molecule has 1 aromatic heterocycles. The lowest BCUT2D eigenvalue weighted by atomic mass is 9.54. The Morgan fingerprint density at radius 1 is 1.23 bits per heavy atom. The Balaban J connectivity index is 2.23. The molecule has 2 heterocycles. The Kier molecular flexibility index (Phi) is 4.60. The largest absolute Gasteiger partial charge is 0.305 e. The average Bonchev–Trinajstić information content (AvgIpc) is 2.67. The first-order valence-electron chi connectivity index (χ1n) is 8.65. The molecule has 3 atom stereocenters. The fraction of sp³-hybridized carbons (Fsp3) is 0.450. The maximum Gasteiger partial charge on any atom is 0.189 e. The second-order valence-corrected chi connectivity index (χ2v) is 7.12. The van der Waals surface area contributed by atoms with Crippen LogP contribution in [0, 0.1) is 56.7 Å². The van der Waals surface area contributed by atoms with E-state index in [0.29, 0.717) is 19.1 Å². The molecule has 3 rings (SSSR count). The number of nitriles is 3. The van der Waals surface area contributed by atoms with E-state index >= 15 is 0 Å². The standard InChI is InChI=1S/C20H20N6/c1-13(2)26-8-5-15-16(9-21)19(24)20(11-22,12-23)18(17(15)10-26)14-3-6-25-7-4-14/h3-7,13,16-18,24H,8,10H2,1-2H3/t16?,17-,18+/m1/s1. The van der Waals surface area contributed by atoms with Gasteiger partial charge in [-0.2, -0.15) is 15.8 Å². The Morgan fingerprint density at radius 3 is 2.42 bits per heavy atom. The molecular weight excluding hydrogens is 324 g/mol. The van der Waals surface area contributed by atoms with Crippen molar-refractivity contribution in [3.8, 4) is 18.2 Å². The van der Waals surface area contributed by atoms with Crippen LogP contribution in [0.5, 0.6) is 0 Å². The molecule has 6 nitrogen and oxygen atoms in total. The van der Waals surface area contributed by atoms with Crippen LogP contribution < -0.4 is 0 Å². The Morgan fingerprint density at radius 2 is 1.88 bits per heavy atom. The minimum Gasteiger partial charge on any atom is -0.305 e. The zero-order valence-electron chi connectivity index (χ0n) is 14.8. The quantitative estimate of drug-likeness (QED) is 0.829. The van der Waals surface area contributed by atoms with Gasteiger partial charge < -0.3 is 5.41 Å². The van der Waals surface area contributed by atoms with Gasteiger partial charge in [0.15, 0.2) is 5.41 Å². The summed E-state index contributed by atoms with van der Waals surface area (Å²) in [7, 11) is 0. The lowest BCUT2D eigenvalue weighted by Crippen LogP contribution is -2.53. The van der Waals surface area contributed by atoms with Gasteiger partial charge in [-0.25, -0.2) is 0 Å². The summed E-state index contributed by atoms with van der Waals surface area (Å²) in [5.41, 5.74) is -0.0700. The van der Waals surface area contributed by atoms with Crippen molar-refractivity contribution in [2.75, 3.05) is 13.1 Å². The van der Waals surface area contributed by atoms with Crippen LogP contribution in [0.15, 0.2) is 36.2 Å². The van der Waals surface area contributed by atoms with E-state index in [2.05, 4.69) is 41.9 Å². The van der Waals surface area contributed by atoms with Gasteiger partial charge in [-0.15, -0.1) is 0 Å². The molecule has 26 heavy (non-hydrogen) atoms. The van der Waals surface area contributed by atoms with E-state index in [-0.39, 0.29) is 11.6 Å². The second kappa shape index (κ2) is 6.71. The van der Waals surface area contributed by atoms with Crippen LogP contribution in [-0.2, 0) is 0 Å². The van der Waals surface area contributed by atoms with E-state index < -0.39 is 17.3 Å². The lowest BCUT2D eigenvalue weighted by molar-refractivity contribution is 0.171. The van der Waals surface area contributed by atoms with Crippen molar-refractivity contribution in [3.63, 3.8) is 0 Å². The highest BCUT2D eigenvalue weighted by Gasteiger charge is 2.57. The molecule has 130 valence electrons. The van der Waals surface area contributed by atoms with E-state index in [1.807, 2.05) is 6.08 Å². The molecule has 0 spiro atoms. The summed E-state index contributed by atoms with van der Waals surface area (Å²) in [6.07, 6.45) is 5.30. The third-order valence-corrected chi connectivity index (χ3v) is 5.61. The summed E-state index contributed by atoms with van der Waals surface area (Å²) < 4.78 is 0. The molecule has 1 aromatic rings. The Hall–Kier alpha value is -3.01. The summed E-state index contributed by atoms with van der Waals surface area (Å²) in [6, 6.07) is 10.3. The highest BCUT2D eigenvalue weighted by atomic mass is 15.2. The van der Waals surface area contributed by atoms with Crippen molar-refractivity contribution >= 4 is 5.71 Å². The van der Waals surface area contributed by atoms with Crippen LogP contribution in [0.4, 0.5) is 0 Å². The summed E-state index contributed by atoms with van der Waals surface area (Å²) in [5, 5.41) is 38.1. The van der Waals surface area contributed by atoms with Gasteiger partial charge in [0.2, 0.25) is 0 Å². The molecule has 1 aliphatic carbocycles. The normalized spacial score (nSPS) is 27.6. The molecule has 0 radical (unpaired) electrons. The van der Waals surface area contributed by atoms with Gasteiger partial charge in [0.05, 0.1) is 23.9 Å². The number of hydrogen-bond acceptors (Lipinski definition) is 6. The minimum atomic E-state index is -1.65. The number of nitrogens with one attached hydrogen (secondary N) is 1. The zero-order chi connectivity index (χ0) is 18.9. The van der Waals surface area contributed by atoms with Crippen LogP contribution in [0.2, 0.25) is 0 Å². The first-order chi connectivity index (χ1) is 12.5. The van der Waals surface area contributed by atoms with Crippen molar-refractivity contribution in [1.29, 1.82) is 21.2 Å². The molecule has 0 bridgehead atoms. The van der Waals surface area contributed by atoms with Crippen molar-refractivity contribution in [1.82, 2.24) is 9.88 Å². The van der Waals surface area contributed by atoms with Crippen LogP contribution in [0.1, 0.15) is 25.3 Å². The third-order valence-electron chi connectivity index (χ3n) is 5.61. The maximum absolute atomic E-state index is 9.95. The first kappa shape index (κ1) is 17.8. The molecule has 1 saturated carbocycles. The van der Waals surface area contributed by atoms with Gasteiger partial charge in [0, 0.05) is 43.4 Å². The summed E-state index contributed by atoms with van der Waals surface area (Å²) in [6.45, 7) is 5.58. The van der Waals surface area contributed by atoms with Crippen LogP contribution in [0.3, 0.4) is 0 Å².